The molecule has 3 rings (SSSR count). The largest absolute Gasteiger partial charge is 0.497 e. The van der Waals surface area contributed by atoms with Gasteiger partial charge in [-0.15, -0.1) is 0 Å². The fourth-order valence-electron chi connectivity index (χ4n) is 3.73. The van der Waals surface area contributed by atoms with Crippen molar-refractivity contribution in [2.45, 2.75) is 32.5 Å². The topological polar surface area (TPSA) is 68.3 Å². The quantitative estimate of drug-likeness (QED) is 0.815. The summed E-state index contributed by atoms with van der Waals surface area (Å²) in [5.41, 5.74) is 0.664. The molecule has 0 bridgehead atoms. The molecule has 3 atom stereocenters. The fraction of sp³-hybridized carbons (Fsp3) is 0.579. The molecule has 7 heteroatoms. The van der Waals surface area contributed by atoms with Crippen LogP contribution in [0.4, 0.5) is 5.69 Å². The molecule has 0 aromatic heterocycles. The average molecular weight is 362 g/mol. The number of carbonyl (C=O) groups is 2. The van der Waals surface area contributed by atoms with Crippen LogP contribution in [0.1, 0.15) is 20.3 Å². The molecule has 2 aliphatic rings. The third kappa shape index (κ3) is 3.62. The molecule has 7 nitrogen and oxygen atoms in total. The summed E-state index contributed by atoms with van der Waals surface area (Å²) in [5.74, 6) is 0.823. The van der Waals surface area contributed by atoms with Gasteiger partial charge >= 0.3 is 0 Å². The van der Waals surface area contributed by atoms with Crippen molar-refractivity contribution in [3.05, 3.63) is 18.2 Å². The number of methoxy groups -OCH3 is 2. The highest BCUT2D eigenvalue weighted by atomic mass is 16.5. The second-order valence-electron chi connectivity index (χ2n) is 6.94. The molecule has 26 heavy (non-hydrogen) atoms. The monoisotopic (exact) mass is 362 g/mol. The molecule has 0 N–H and O–H groups in total. The Hall–Kier alpha value is -2.28. The number of carbonyl (C=O) groups excluding carboxylic acids is 2. The zero-order chi connectivity index (χ0) is 18.8. The van der Waals surface area contributed by atoms with Crippen molar-refractivity contribution in [2.75, 3.05) is 38.8 Å². The number of morpholine rings is 1. The van der Waals surface area contributed by atoms with Gasteiger partial charge in [-0.2, -0.15) is 0 Å². The lowest BCUT2D eigenvalue weighted by molar-refractivity contribution is -0.147. The lowest BCUT2D eigenvalue weighted by Gasteiger charge is -2.36. The Morgan fingerprint density at radius 3 is 2.42 bits per heavy atom. The van der Waals surface area contributed by atoms with Gasteiger partial charge in [0.2, 0.25) is 11.8 Å². The van der Waals surface area contributed by atoms with Crippen molar-refractivity contribution in [1.82, 2.24) is 4.90 Å². The standard InChI is InChI=1S/C19H26N2O5/c1-12-9-20(10-13(2)26-12)19(23)14-7-18(22)21(11-14)16-6-5-15(24-3)8-17(16)25-4/h5-6,8,12-14H,7,9-11H2,1-4H3/t12-,13-,14+/m0/s1. The van der Waals surface area contributed by atoms with Crippen molar-refractivity contribution < 1.29 is 23.8 Å². The van der Waals surface area contributed by atoms with E-state index in [-0.39, 0.29) is 36.4 Å². The van der Waals surface area contributed by atoms with Crippen LogP contribution in [0.15, 0.2) is 18.2 Å². The maximum atomic E-state index is 12.9. The Morgan fingerprint density at radius 1 is 1.12 bits per heavy atom. The maximum absolute atomic E-state index is 12.9. The van der Waals surface area contributed by atoms with Gasteiger partial charge in [0.15, 0.2) is 0 Å². The molecule has 0 spiro atoms. The van der Waals surface area contributed by atoms with Crippen LogP contribution >= 0.6 is 0 Å². The minimum Gasteiger partial charge on any atom is -0.497 e. The van der Waals surface area contributed by atoms with Crippen molar-refractivity contribution in [1.29, 1.82) is 0 Å². The molecule has 2 fully saturated rings. The highest BCUT2D eigenvalue weighted by Gasteiger charge is 2.39. The number of rotatable bonds is 4. The second-order valence-corrected chi connectivity index (χ2v) is 6.94. The van der Waals surface area contributed by atoms with E-state index in [1.54, 1.807) is 37.3 Å². The lowest BCUT2D eigenvalue weighted by atomic mass is 10.1. The van der Waals surface area contributed by atoms with E-state index in [1.165, 1.54) is 0 Å². The van der Waals surface area contributed by atoms with Gasteiger partial charge in [0.25, 0.3) is 0 Å². The SMILES string of the molecule is COc1ccc(N2C[C@H](C(=O)N3C[C@H](C)O[C@@H](C)C3)CC2=O)c(OC)c1. The van der Waals surface area contributed by atoms with Crippen LogP contribution in [0.3, 0.4) is 0 Å². The molecule has 0 saturated carbocycles. The predicted molar refractivity (Wildman–Crippen MR) is 96.6 cm³/mol. The van der Waals surface area contributed by atoms with Crippen molar-refractivity contribution in [3.63, 3.8) is 0 Å². The first kappa shape index (κ1) is 18.5. The van der Waals surface area contributed by atoms with Gasteiger partial charge in [-0.1, -0.05) is 0 Å². The number of amides is 2. The summed E-state index contributed by atoms with van der Waals surface area (Å²) in [6.07, 6.45) is 0.240. The highest BCUT2D eigenvalue weighted by Crippen LogP contribution is 2.36. The van der Waals surface area contributed by atoms with E-state index >= 15 is 0 Å². The smallest absolute Gasteiger partial charge is 0.228 e. The third-order valence-corrected chi connectivity index (χ3v) is 4.88. The van der Waals surface area contributed by atoms with Crippen LogP contribution in [0.2, 0.25) is 0 Å². The number of ether oxygens (including phenoxy) is 3. The summed E-state index contributed by atoms with van der Waals surface area (Å²) in [5, 5.41) is 0. The average Bonchev–Trinajstić information content (AvgIpc) is 3.01. The maximum Gasteiger partial charge on any atom is 0.228 e. The summed E-state index contributed by atoms with van der Waals surface area (Å²) in [6.45, 7) is 5.43. The highest BCUT2D eigenvalue weighted by molar-refractivity contribution is 6.01. The van der Waals surface area contributed by atoms with Crippen LogP contribution in [0, 0.1) is 5.92 Å². The van der Waals surface area contributed by atoms with E-state index in [2.05, 4.69) is 0 Å². The molecule has 0 unspecified atom stereocenters. The van der Waals surface area contributed by atoms with Crippen LogP contribution in [-0.2, 0) is 14.3 Å². The molecule has 2 amide bonds. The van der Waals surface area contributed by atoms with Gasteiger partial charge in [0, 0.05) is 32.1 Å². The first-order chi connectivity index (χ1) is 12.4. The Morgan fingerprint density at radius 2 is 1.81 bits per heavy atom. The van der Waals surface area contributed by atoms with E-state index in [0.29, 0.717) is 36.8 Å². The van der Waals surface area contributed by atoms with E-state index in [9.17, 15) is 9.59 Å². The number of hydrogen-bond donors (Lipinski definition) is 0. The number of hydrogen-bond acceptors (Lipinski definition) is 5. The van der Waals surface area contributed by atoms with Crippen molar-refractivity contribution in [2.24, 2.45) is 5.92 Å². The van der Waals surface area contributed by atoms with Gasteiger partial charge in [-0.3, -0.25) is 9.59 Å². The summed E-state index contributed by atoms with van der Waals surface area (Å²) in [6, 6.07) is 5.32. The molecule has 142 valence electrons. The van der Waals surface area contributed by atoms with Gasteiger partial charge in [-0.05, 0) is 26.0 Å². The molecule has 2 saturated heterocycles. The van der Waals surface area contributed by atoms with E-state index in [1.807, 2.05) is 18.7 Å². The molecule has 2 heterocycles. The van der Waals surface area contributed by atoms with Gasteiger partial charge in [-0.25, -0.2) is 0 Å². The van der Waals surface area contributed by atoms with E-state index in [4.69, 9.17) is 14.2 Å². The van der Waals surface area contributed by atoms with E-state index in [0.717, 1.165) is 0 Å². The van der Waals surface area contributed by atoms with Gasteiger partial charge in [0.05, 0.1) is 38.0 Å². The molecular weight excluding hydrogens is 336 g/mol. The fourth-order valence-corrected chi connectivity index (χ4v) is 3.73. The molecule has 2 aliphatic heterocycles. The Balaban J connectivity index is 1.75. The van der Waals surface area contributed by atoms with E-state index < -0.39 is 0 Å². The summed E-state index contributed by atoms with van der Waals surface area (Å²) in [7, 11) is 3.13. The summed E-state index contributed by atoms with van der Waals surface area (Å²) in [4.78, 5) is 28.9. The van der Waals surface area contributed by atoms with Crippen molar-refractivity contribution >= 4 is 17.5 Å². The second kappa shape index (κ2) is 7.53. The summed E-state index contributed by atoms with van der Waals surface area (Å²) >= 11 is 0. The first-order valence-electron chi connectivity index (χ1n) is 8.89. The number of anilines is 1. The van der Waals surface area contributed by atoms with Gasteiger partial charge < -0.3 is 24.0 Å². The predicted octanol–water partition coefficient (Wildman–Crippen LogP) is 1.69. The normalized spacial score (nSPS) is 26.2. The summed E-state index contributed by atoms with van der Waals surface area (Å²) < 4.78 is 16.3. The minimum absolute atomic E-state index is 0.0117. The Bertz CT molecular complexity index is 683. The first-order valence-corrected chi connectivity index (χ1v) is 8.89. The minimum atomic E-state index is -0.341. The molecule has 0 radical (unpaired) electrons. The lowest BCUT2D eigenvalue weighted by Crippen LogP contribution is -2.50. The molecule has 1 aromatic carbocycles. The zero-order valence-corrected chi connectivity index (χ0v) is 15.7. The van der Waals surface area contributed by atoms with Crippen LogP contribution in [0.25, 0.3) is 0 Å². The molecular formula is C19H26N2O5. The van der Waals surface area contributed by atoms with Crippen molar-refractivity contribution in [3.8, 4) is 11.5 Å². The molecule has 1 aromatic rings. The Labute approximate surface area is 153 Å². The molecule has 0 aliphatic carbocycles. The third-order valence-electron chi connectivity index (χ3n) is 4.88. The van der Waals surface area contributed by atoms with Gasteiger partial charge in [0.1, 0.15) is 11.5 Å². The number of benzene rings is 1. The van der Waals surface area contributed by atoms with Crippen LogP contribution in [0.5, 0.6) is 11.5 Å². The number of nitrogens with zero attached hydrogens (tertiary/aromatic N) is 2. The van der Waals surface area contributed by atoms with Crippen LogP contribution < -0.4 is 14.4 Å². The van der Waals surface area contributed by atoms with Crippen LogP contribution in [-0.4, -0.2) is 62.8 Å². The zero-order valence-electron chi connectivity index (χ0n) is 15.7. The Kier molecular flexibility index (Phi) is 5.36.